The van der Waals surface area contributed by atoms with Crippen LogP contribution in [0.5, 0.6) is 11.5 Å². The maximum Gasteiger partial charge on any atom is 0.253 e. The Hall–Kier alpha value is -4.29. The van der Waals surface area contributed by atoms with Gasteiger partial charge < -0.3 is 9.47 Å². The zero-order chi connectivity index (χ0) is 26.8. The second kappa shape index (κ2) is 10.8. The van der Waals surface area contributed by atoms with E-state index in [4.69, 9.17) is 14.6 Å². The maximum atomic E-state index is 13.6. The van der Waals surface area contributed by atoms with Gasteiger partial charge in [-0.2, -0.15) is 14.7 Å². The average Bonchev–Trinajstić information content (AvgIpc) is 3.75. The van der Waals surface area contributed by atoms with Crippen LogP contribution in [0.2, 0.25) is 0 Å². The van der Waals surface area contributed by atoms with Crippen LogP contribution in [0.4, 0.5) is 0 Å². The van der Waals surface area contributed by atoms with Crippen molar-refractivity contribution in [2.45, 2.75) is 17.5 Å². The summed E-state index contributed by atoms with van der Waals surface area (Å²) in [4.78, 5) is 19.0. The second-order valence-corrected chi connectivity index (χ2v) is 10.5. The lowest BCUT2D eigenvalue weighted by Gasteiger charge is -2.22. The molecule has 5 aromatic rings. The van der Waals surface area contributed by atoms with E-state index in [0.717, 1.165) is 16.2 Å². The van der Waals surface area contributed by atoms with Crippen molar-refractivity contribution in [3.8, 4) is 23.0 Å². The van der Waals surface area contributed by atoms with Gasteiger partial charge in [0.05, 0.1) is 36.6 Å². The lowest BCUT2D eigenvalue weighted by Crippen LogP contribution is -2.28. The van der Waals surface area contributed by atoms with E-state index in [-0.39, 0.29) is 17.7 Å². The number of hydrogen-bond donors (Lipinski definition) is 0. The molecule has 1 unspecified atom stereocenters. The van der Waals surface area contributed by atoms with Crippen molar-refractivity contribution < 1.29 is 14.3 Å². The number of hydrazone groups is 1. The van der Waals surface area contributed by atoms with Gasteiger partial charge >= 0.3 is 0 Å². The third-order valence-electron chi connectivity index (χ3n) is 6.24. The molecular weight excluding hydrogens is 534 g/mol. The number of thiophene rings is 1. The van der Waals surface area contributed by atoms with Crippen LogP contribution in [0.25, 0.3) is 17.2 Å². The highest BCUT2D eigenvalue weighted by Crippen LogP contribution is 2.38. The summed E-state index contributed by atoms with van der Waals surface area (Å²) in [7, 11) is 3.20. The minimum atomic E-state index is -0.265. The van der Waals surface area contributed by atoms with Gasteiger partial charge in [0.2, 0.25) is 5.82 Å². The molecule has 0 radical (unpaired) electrons. The Kier molecular flexibility index (Phi) is 6.95. The number of thioether (sulfide) groups is 1. The fourth-order valence-electron chi connectivity index (χ4n) is 4.36. The predicted molar refractivity (Wildman–Crippen MR) is 149 cm³/mol. The summed E-state index contributed by atoms with van der Waals surface area (Å²) in [5, 5.41) is 22.1. The monoisotopic (exact) mass is 557 g/mol. The van der Waals surface area contributed by atoms with Crippen LogP contribution in [0.15, 0.2) is 82.4 Å². The fraction of sp³-hybridized carbons (Fsp3) is 0.185. The first-order valence-electron chi connectivity index (χ1n) is 12.1. The molecule has 1 atom stereocenters. The summed E-state index contributed by atoms with van der Waals surface area (Å²) < 4.78 is 12.6. The summed E-state index contributed by atoms with van der Waals surface area (Å²) in [5.74, 6) is 1.81. The third kappa shape index (κ3) is 4.95. The first-order valence-corrected chi connectivity index (χ1v) is 13.9. The lowest BCUT2D eigenvalue weighted by molar-refractivity contribution is -0.130. The molecule has 0 fully saturated rings. The molecule has 12 heteroatoms. The number of methoxy groups -OCH3 is 2. The van der Waals surface area contributed by atoms with Crippen LogP contribution in [-0.4, -0.2) is 61.4 Å². The molecule has 10 nitrogen and oxygen atoms in total. The van der Waals surface area contributed by atoms with Gasteiger partial charge in [-0.25, -0.2) is 5.01 Å². The van der Waals surface area contributed by atoms with Gasteiger partial charge in [0.15, 0.2) is 17.1 Å². The molecule has 0 saturated carbocycles. The molecule has 1 aliphatic heterocycles. The minimum Gasteiger partial charge on any atom is -0.493 e. The Balaban J connectivity index is 1.25. The van der Waals surface area contributed by atoms with Crippen molar-refractivity contribution in [2.24, 2.45) is 5.10 Å². The molecule has 0 N–H and O–H groups in total. The first-order chi connectivity index (χ1) is 19.1. The Morgan fingerprint density at radius 1 is 1.05 bits per heavy atom. The van der Waals surface area contributed by atoms with Gasteiger partial charge in [0, 0.05) is 12.6 Å². The number of aromatic nitrogens is 5. The molecule has 6 rings (SSSR count). The number of fused-ring (bicyclic) bond motifs is 1. The molecule has 0 saturated heterocycles. The second-order valence-electron chi connectivity index (χ2n) is 8.57. The SMILES string of the molecule is COc1ccc(C2CC(c3cccs3)=NN2C(=O)CSc2ccc3nnc(-c4ccccn4)n3n2)cc1OC. The third-order valence-corrected chi connectivity index (χ3v) is 8.06. The zero-order valence-corrected chi connectivity index (χ0v) is 22.7. The van der Waals surface area contributed by atoms with E-state index in [9.17, 15) is 4.79 Å². The van der Waals surface area contributed by atoms with Gasteiger partial charge in [-0.3, -0.25) is 9.78 Å². The minimum absolute atomic E-state index is 0.123. The molecule has 0 bridgehead atoms. The molecule has 1 aliphatic rings. The predicted octanol–water partition coefficient (Wildman–Crippen LogP) is 4.74. The van der Waals surface area contributed by atoms with Crippen molar-refractivity contribution in [1.29, 1.82) is 0 Å². The first kappa shape index (κ1) is 25.0. The van der Waals surface area contributed by atoms with E-state index in [0.29, 0.717) is 40.1 Å². The standard InChI is InChI=1S/C27H23N7O3S2/c1-36-21-9-8-17(14-22(21)37-2)20-15-19(23-7-5-13-38-23)31-33(20)26(35)16-39-25-11-10-24-29-30-27(34(24)32-25)18-6-3-4-12-28-18/h3-14,20H,15-16H2,1-2H3. The van der Waals surface area contributed by atoms with E-state index in [1.165, 1.54) is 11.8 Å². The van der Waals surface area contributed by atoms with E-state index < -0.39 is 0 Å². The number of amides is 1. The van der Waals surface area contributed by atoms with Crippen LogP contribution in [-0.2, 0) is 4.79 Å². The fourth-order valence-corrected chi connectivity index (χ4v) is 5.79. The number of benzene rings is 1. The molecular formula is C27H23N7O3S2. The van der Waals surface area contributed by atoms with Crippen molar-refractivity contribution in [3.63, 3.8) is 0 Å². The largest absolute Gasteiger partial charge is 0.493 e. The van der Waals surface area contributed by atoms with Gasteiger partial charge in [0.25, 0.3) is 5.91 Å². The van der Waals surface area contributed by atoms with E-state index in [1.54, 1.807) is 41.3 Å². The van der Waals surface area contributed by atoms with Crippen LogP contribution in [0.1, 0.15) is 22.9 Å². The number of hydrogen-bond acceptors (Lipinski definition) is 10. The molecule has 5 heterocycles. The molecule has 4 aromatic heterocycles. The molecule has 39 heavy (non-hydrogen) atoms. The lowest BCUT2D eigenvalue weighted by atomic mass is 10.0. The molecule has 1 aromatic carbocycles. The van der Waals surface area contributed by atoms with Crippen LogP contribution in [0.3, 0.4) is 0 Å². The highest BCUT2D eigenvalue weighted by atomic mass is 32.2. The number of carbonyl (C=O) groups is 1. The average molecular weight is 558 g/mol. The van der Waals surface area contributed by atoms with Crippen molar-refractivity contribution in [1.82, 2.24) is 29.8 Å². The van der Waals surface area contributed by atoms with Gasteiger partial charge in [-0.15, -0.1) is 21.5 Å². The Labute approximate surface area is 232 Å². The molecule has 196 valence electrons. The van der Waals surface area contributed by atoms with E-state index >= 15 is 0 Å². The topological polar surface area (TPSA) is 107 Å². The summed E-state index contributed by atoms with van der Waals surface area (Å²) in [6.07, 6.45) is 2.30. The molecule has 0 spiro atoms. The number of pyridine rings is 1. The number of ether oxygens (including phenoxy) is 2. The van der Waals surface area contributed by atoms with E-state index in [1.807, 2.05) is 66.0 Å². The summed E-state index contributed by atoms with van der Waals surface area (Å²) in [5.41, 5.74) is 3.07. The normalized spacial score (nSPS) is 15.0. The van der Waals surface area contributed by atoms with Crippen LogP contribution < -0.4 is 9.47 Å². The Bertz CT molecular complexity index is 1660. The van der Waals surface area contributed by atoms with E-state index in [2.05, 4.69) is 20.3 Å². The summed E-state index contributed by atoms with van der Waals surface area (Å²) >= 11 is 2.94. The summed E-state index contributed by atoms with van der Waals surface area (Å²) in [6, 6.07) is 18.7. The number of carbonyl (C=O) groups excluding carboxylic acids is 1. The molecule has 0 aliphatic carbocycles. The van der Waals surface area contributed by atoms with Crippen molar-refractivity contribution >= 4 is 40.4 Å². The zero-order valence-electron chi connectivity index (χ0n) is 21.1. The highest BCUT2D eigenvalue weighted by Gasteiger charge is 2.34. The Morgan fingerprint density at radius 3 is 2.72 bits per heavy atom. The van der Waals surface area contributed by atoms with Crippen LogP contribution in [0, 0.1) is 0 Å². The highest BCUT2D eigenvalue weighted by molar-refractivity contribution is 7.99. The quantitative estimate of drug-likeness (QED) is 0.252. The van der Waals surface area contributed by atoms with Gasteiger partial charge in [0.1, 0.15) is 10.7 Å². The van der Waals surface area contributed by atoms with Crippen LogP contribution >= 0.6 is 23.1 Å². The smallest absolute Gasteiger partial charge is 0.253 e. The summed E-state index contributed by atoms with van der Waals surface area (Å²) in [6.45, 7) is 0. The molecule has 1 amide bonds. The van der Waals surface area contributed by atoms with Gasteiger partial charge in [-0.1, -0.05) is 30.0 Å². The van der Waals surface area contributed by atoms with Crippen molar-refractivity contribution in [2.75, 3.05) is 20.0 Å². The van der Waals surface area contributed by atoms with Gasteiger partial charge in [-0.05, 0) is 53.4 Å². The Morgan fingerprint density at radius 2 is 1.95 bits per heavy atom. The van der Waals surface area contributed by atoms with Crippen molar-refractivity contribution in [3.05, 3.63) is 82.7 Å². The number of nitrogens with zero attached hydrogens (tertiary/aromatic N) is 7. The number of rotatable bonds is 8. The maximum absolute atomic E-state index is 13.6.